The summed E-state index contributed by atoms with van der Waals surface area (Å²) in [4.78, 5) is 15.4. The molecule has 2 heterocycles. The monoisotopic (exact) mass is 321 g/mol. The molecule has 0 aliphatic carbocycles. The summed E-state index contributed by atoms with van der Waals surface area (Å²) >= 11 is 0. The molecule has 0 spiro atoms. The highest BCUT2D eigenvalue weighted by Crippen LogP contribution is 2.37. The molecular formula is C20H19NO3. The summed E-state index contributed by atoms with van der Waals surface area (Å²) < 4.78 is 5.78. The molecule has 1 aliphatic rings. The van der Waals surface area contributed by atoms with Crippen LogP contribution < -0.4 is 4.74 Å². The molecule has 1 N–H and O–H groups in total. The average molecular weight is 321 g/mol. The van der Waals surface area contributed by atoms with Crippen LogP contribution >= 0.6 is 0 Å². The number of carboxylic acid groups (broad SMARTS) is 1. The Labute approximate surface area is 141 Å². The van der Waals surface area contributed by atoms with Gasteiger partial charge >= 0.3 is 5.97 Å². The van der Waals surface area contributed by atoms with Crippen molar-refractivity contribution in [2.75, 3.05) is 6.61 Å². The van der Waals surface area contributed by atoms with Gasteiger partial charge in [-0.05, 0) is 61.4 Å². The molecule has 1 aromatic carbocycles. The second-order valence-corrected chi connectivity index (χ2v) is 5.84. The smallest absolute Gasteiger partial charge is 0.336 e. The van der Waals surface area contributed by atoms with Crippen LogP contribution in [-0.4, -0.2) is 22.7 Å². The van der Waals surface area contributed by atoms with E-state index in [4.69, 9.17) is 4.74 Å². The lowest BCUT2D eigenvalue weighted by molar-refractivity contribution is 0.0695. The lowest BCUT2D eigenvalue weighted by atomic mass is 9.87. The molecule has 1 aromatic heterocycles. The van der Waals surface area contributed by atoms with Crippen molar-refractivity contribution in [2.24, 2.45) is 0 Å². The normalized spacial score (nSPS) is 15.6. The van der Waals surface area contributed by atoms with Crippen molar-refractivity contribution in [1.82, 2.24) is 4.98 Å². The molecule has 0 amide bonds. The van der Waals surface area contributed by atoms with Gasteiger partial charge in [0.15, 0.2) is 0 Å². The van der Waals surface area contributed by atoms with Crippen LogP contribution in [0.1, 0.15) is 52.7 Å². The van der Waals surface area contributed by atoms with Crippen LogP contribution in [0.15, 0.2) is 36.7 Å². The zero-order chi connectivity index (χ0) is 16.9. The van der Waals surface area contributed by atoms with E-state index in [9.17, 15) is 9.90 Å². The SMILES string of the molecule is CC#Cc1ccc2c(c1)OCCC2CCc1cnccc1C(=O)O. The second-order valence-electron chi connectivity index (χ2n) is 5.84. The molecule has 4 nitrogen and oxygen atoms in total. The zero-order valence-corrected chi connectivity index (χ0v) is 13.6. The highest BCUT2D eigenvalue weighted by molar-refractivity contribution is 5.89. The third-order valence-corrected chi connectivity index (χ3v) is 4.34. The van der Waals surface area contributed by atoms with E-state index in [2.05, 4.69) is 22.9 Å². The summed E-state index contributed by atoms with van der Waals surface area (Å²) in [5, 5.41) is 9.28. The lowest BCUT2D eigenvalue weighted by Crippen LogP contribution is -2.15. The molecule has 24 heavy (non-hydrogen) atoms. The van der Waals surface area contributed by atoms with Gasteiger partial charge in [-0.2, -0.15) is 0 Å². The van der Waals surface area contributed by atoms with Gasteiger partial charge in [-0.15, -0.1) is 5.92 Å². The van der Waals surface area contributed by atoms with Gasteiger partial charge in [-0.3, -0.25) is 4.98 Å². The number of nitrogens with zero attached hydrogens (tertiary/aromatic N) is 1. The number of benzene rings is 1. The number of fused-ring (bicyclic) bond motifs is 1. The fourth-order valence-electron chi connectivity index (χ4n) is 3.15. The molecule has 1 atom stereocenters. The molecular weight excluding hydrogens is 302 g/mol. The molecule has 0 radical (unpaired) electrons. The first kappa shape index (κ1) is 16.1. The van der Waals surface area contributed by atoms with Crippen molar-refractivity contribution in [3.05, 3.63) is 58.9 Å². The molecule has 0 saturated carbocycles. The molecule has 3 rings (SSSR count). The topological polar surface area (TPSA) is 59.4 Å². The van der Waals surface area contributed by atoms with Gasteiger partial charge in [0.25, 0.3) is 0 Å². The first-order valence-corrected chi connectivity index (χ1v) is 8.04. The minimum Gasteiger partial charge on any atom is -0.493 e. The summed E-state index contributed by atoms with van der Waals surface area (Å²) in [7, 11) is 0. The number of aryl methyl sites for hydroxylation is 1. The first-order valence-electron chi connectivity index (χ1n) is 8.04. The van der Waals surface area contributed by atoms with Crippen molar-refractivity contribution in [1.29, 1.82) is 0 Å². The standard InChI is InChI=1S/C20H19NO3/c1-2-3-14-4-7-17-15(9-11-24-19(17)12-14)5-6-16-13-21-10-8-18(16)20(22)23/h4,7-8,10,12-13,15H,5-6,9,11H2,1H3,(H,22,23). The molecule has 0 fully saturated rings. The Morgan fingerprint density at radius 2 is 2.29 bits per heavy atom. The minimum atomic E-state index is -0.900. The Bertz CT molecular complexity index is 817. The zero-order valence-electron chi connectivity index (χ0n) is 13.6. The average Bonchev–Trinajstić information content (AvgIpc) is 2.60. The number of hydrogen-bond donors (Lipinski definition) is 1. The van der Waals surface area contributed by atoms with Crippen LogP contribution in [0.25, 0.3) is 0 Å². The van der Waals surface area contributed by atoms with Crippen LogP contribution in [0, 0.1) is 11.8 Å². The van der Waals surface area contributed by atoms with Gasteiger partial charge in [0, 0.05) is 18.0 Å². The van der Waals surface area contributed by atoms with E-state index in [0.717, 1.165) is 29.7 Å². The van der Waals surface area contributed by atoms with Crippen molar-refractivity contribution < 1.29 is 14.6 Å². The molecule has 4 heteroatoms. The van der Waals surface area contributed by atoms with Gasteiger partial charge in [-0.25, -0.2) is 4.79 Å². The fraction of sp³-hybridized carbons (Fsp3) is 0.300. The van der Waals surface area contributed by atoms with Gasteiger partial charge in [-0.1, -0.05) is 12.0 Å². The number of aromatic nitrogens is 1. The van der Waals surface area contributed by atoms with Gasteiger partial charge in [0.2, 0.25) is 0 Å². The van der Waals surface area contributed by atoms with E-state index in [-0.39, 0.29) is 0 Å². The van der Waals surface area contributed by atoms with Crippen LogP contribution in [0.2, 0.25) is 0 Å². The number of carbonyl (C=O) groups is 1. The third-order valence-electron chi connectivity index (χ3n) is 4.34. The Hall–Kier alpha value is -2.80. The fourth-order valence-corrected chi connectivity index (χ4v) is 3.15. The van der Waals surface area contributed by atoms with Gasteiger partial charge in [0.1, 0.15) is 5.75 Å². The second kappa shape index (κ2) is 7.18. The maximum atomic E-state index is 11.3. The Morgan fingerprint density at radius 1 is 1.42 bits per heavy atom. The summed E-state index contributed by atoms with van der Waals surface area (Å²) in [6.45, 7) is 2.50. The van der Waals surface area contributed by atoms with Crippen LogP contribution in [0.3, 0.4) is 0 Å². The predicted molar refractivity (Wildman–Crippen MR) is 91.4 cm³/mol. The summed E-state index contributed by atoms with van der Waals surface area (Å²) in [6.07, 6.45) is 5.68. The Balaban J connectivity index is 1.78. The first-order chi connectivity index (χ1) is 11.7. The number of hydrogen-bond acceptors (Lipinski definition) is 3. The number of aromatic carboxylic acids is 1. The number of ether oxygens (including phenoxy) is 1. The Kier molecular flexibility index (Phi) is 4.81. The van der Waals surface area contributed by atoms with Crippen molar-refractivity contribution in [2.45, 2.75) is 32.1 Å². The molecule has 1 unspecified atom stereocenters. The van der Waals surface area contributed by atoms with E-state index >= 15 is 0 Å². The van der Waals surface area contributed by atoms with E-state index in [1.165, 1.54) is 11.8 Å². The highest BCUT2D eigenvalue weighted by atomic mass is 16.5. The summed E-state index contributed by atoms with van der Waals surface area (Å²) in [5.41, 5.74) is 3.26. The van der Waals surface area contributed by atoms with E-state index < -0.39 is 5.97 Å². The van der Waals surface area contributed by atoms with E-state index in [1.54, 1.807) is 12.3 Å². The largest absolute Gasteiger partial charge is 0.493 e. The molecule has 1 aliphatic heterocycles. The van der Waals surface area contributed by atoms with Crippen molar-refractivity contribution >= 4 is 5.97 Å². The van der Waals surface area contributed by atoms with E-state index in [0.29, 0.717) is 24.5 Å². The number of carboxylic acids is 1. The molecule has 2 aromatic rings. The summed E-state index contributed by atoms with van der Waals surface area (Å²) in [5.74, 6) is 6.30. The number of rotatable bonds is 4. The van der Waals surface area contributed by atoms with Gasteiger partial charge in [0.05, 0.1) is 12.2 Å². The highest BCUT2D eigenvalue weighted by Gasteiger charge is 2.22. The van der Waals surface area contributed by atoms with Crippen LogP contribution in [0.4, 0.5) is 0 Å². The number of pyridine rings is 1. The third kappa shape index (κ3) is 3.41. The molecule has 122 valence electrons. The van der Waals surface area contributed by atoms with E-state index in [1.807, 2.05) is 19.1 Å². The minimum absolute atomic E-state index is 0.339. The maximum Gasteiger partial charge on any atom is 0.336 e. The Morgan fingerprint density at radius 3 is 3.08 bits per heavy atom. The van der Waals surface area contributed by atoms with Gasteiger partial charge < -0.3 is 9.84 Å². The molecule has 0 bridgehead atoms. The summed E-state index contributed by atoms with van der Waals surface area (Å²) in [6, 6.07) is 7.65. The van der Waals surface area contributed by atoms with Crippen LogP contribution in [0.5, 0.6) is 5.75 Å². The lowest BCUT2D eigenvalue weighted by Gasteiger charge is -2.26. The van der Waals surface area contributed by atoms with Crippen LogP contribution in [-0.2, 0) is 6.42 Å². The van der Waals surface area contributed by atoms with Crippen molar-refractivity contribution in [3.63, 3.8) is 0 Å². The van der Waals surface area contributed by atoms with Crippen molar-refractivity contribution in [3.8, 4) is 17.6 Å². The predicted octanol–water partition coefficient (Wildman–Crippen LogP) is 3.65. The maximum absolute atomic E-state index is 11.3. The quantitative estimate of drug-likeness (QED) is 0.873. The molecule has 0 saturated heterocycles.